The third-order valence-electron chi connectivity index (χ3n) is 2.14. The van der Waals surface area contributed by atoms with Crippen LogP contribution in [0.15, 0.2) is 10.9 Å². The summed E-state index contributed by atoms with van der Waals surface area (Å²) in [4.78, 5) is 15.8. The van der Waals surface area contributed by atoms with E-state index >= 15 is 0 Å². The van der Waals surface area contributed by atoms with Crippen LogP contribution in [0.5, 0.6) is 0 Å². The fraction of sp³-hybridized carbons (Fsp3) is 0.333. The third-order valence-corrected chi connectivity index (χ3v) is 2.14. The van der Waals surface area contributed by atoms with E-state index in [1.165, 1.54) is 4.68 Å². The lowest BCUT2D eigenvalue weighted by Gasteiger charge is -1.94. The predicted octanol–water partition coefficient (Wildman–Crippen LogP) is 0.878. The summed E-state index contributed by atoms with van der Waals surface area (Å²) < 4.78 is 1.45. The smallest absolute Gasteiger partial charge is 0.276 e. The Hall–Kier alpha value is -1.58. The van der Waals surface area contributed by atoms with Gasteiger partial charge in [-0.2, -0.15) is 0 Å². The largest absolute Gasteiger partial charge is 0.279 e. The molecule has 0 aliphatic rings. The summed E-state index contributed by atoms with van der Waals surface area (Å²) in [7, 11) is 1.69. The number of aromatic amines is 1. The summed E-state index contributed by atoms with van der Waals surface area (Å²) in [5.41, 5.74) is 2.56. The van der Waals surface area contributed by atoms with Gasteiger partial charge in [-0.3, -0.25) is 14.6 Å². The molecule has 2 rings (SSSR count). The molecule has 4 nitrogen and oxygen atoms in total. The SMILES string of the molecule is Cc1cc(C)c2c(=O)n(C)[nH]c2n1. The molecule has 0 fully saturated rings. The lowest BCUT2D eigenvalue weighted by molar-refractivity contribution is 0.747. The molecule has 0 amide bonds. The van der Waals surface area contributed by atoms with Gasteiger partial charge in [0.25, 0.3) is 5.56 Å². The van der Waals surface area contributed by atoms with Crippen LogP contribution in [-0.2, 0) is 7.05 Å². The Balaban J connectivity index is 3.03. The Bertz CT molecular complexity index is 521. The normalized spacial score (nSPS) is 11.0. The summed E-state index contributed by atoms with van der Waals surface area (Å²) in [5.74, 6) is 0. The fourth-order valence-corrected chi connectivity index (χ4v) is 1.56. The first kappa shape index (κ1) is 8.04. The van der Waals surface area contributed by atoms with Crippen molar-refractivity contribution in [3.63, 3.8) is 0 Å². The molecule has 0 spiro atoms. The minimum Gasteiger partial charge on any atom is -0.279 e. The molecule has 13 heavy (non-hydrogen) atoms. The average Bonchev–Trinajstić information content (AvgIpc) is 2.27. The molecule has 2 aromatic heterocycles. The first-order chi connectivity index (χ1) is 6.09. The molecule has 0 aliphatic heterocycles. The molecule has 0 bridgehead atoms. The van der Waals surface area contributed by atoms with E-state index < -0.39 is 0 Å². The number of rotatable bonds is 0. The molecule has 2 heterocycles. The van der Waals surface area contributed by atoms with E-state index in [0.29, 0.717) is 11.0 Å². The summed E-state index contributed by atoms with van der Waals surface area (Å²) in [5, 5.41) is 3.59. The van der Waals surface area contributed by atoms with Crippen LogP contribution in [0.4, 0.5) is 0 Å². The van der Waals surface area contributed by atoms with E-state index in [2.05, 4.69) is 10.1 Å². The zero-order valence-corrected chi connectivity index (χ0v) is 7.88. The highest BCUT2D eigenvalue weighted by atomic mass is 16.1. The van der Waals surface area contributed by atoms with Crippen molar-refractivity contribution in [2.75, 3.05) is 0 Å². The number of fused-ring (bicyclic) bond motifs is 1. The van der Waals surface area contributed by atoms with Crippen LogP contribution in [0, 0.1) is 13.8 Å². The minimum absolute atomic E-state index is 0.0139. The van der Waals surface area contributed by atoms with Crippen molar-refractivity contribution in [3.8, 4) is 0 Å². The zero-order valence-electron chi connectivity index (χ0n) is 7.88. The van der Waals surface area contributed by atoms with Crippen molar-refractivity contribution >= 4 is 11.0 Å². The van der Waals surface area contributed by atoms with Crippen LogP contribution in [-0.4, -0.2) is 14.8 Å². The molecule has 0 aromatic carbocycles. The van der Waals surface area contributed by atoms with Gasteiger partial charge in [-0.1, -0.05) is 0 Å². The van der Waals surface area contributed by atoms with Gasteiger partial charge >= 0.3 is 0 Å². The topological polar surface area (TPSA) is 50.7 Å². The molecule has 0 radical (unpaired) electrons. The second kappa shape index (κ2) is 2.45. The summed E-state index contributed by atoms with van der Waals surface area (Å²) in [6, 6.07) is 1.91. The average molecular weight is 177 g/mol. The Morgan fingerprint density at radius 2 is 2.15 bits per heavy atom. The maximum absolute atomic E-state index is 11.6. The van der Waals surface area contributed by atoms with Gasteiger partial charge in [0.15, 0.2) is 5.65 Å². The number of aryl methyl sites for hydroxylation is 3. The number of pyridine rings is 1. The summed E-state index contributed by atoms with van der Waals surface area (Å²) in [6.07, 6.45) is 0. The number of hydrogen-bond donors (Lipinski definition) is 1. The van der Waals surface area contributed by atoms with Gasteiger partial charge < -0.3 is 0 Å². The fourth-order valence-electron chi connectivity index (χ4n) is 1.56. The quantitative estimate of drug-likeness (QED) is 0.649. The van der Waals surface area contributed by atoms with Crippen LogP contribution in [0.25, 0.3) is 11.0 Å². The van der Waals surface area contributed by atoms with Gasteiger partial charge in [0.2, 0.25) is 0 Å². The highest BCUT2D eigenvalue weighted by Gasteiger charge is 2.07. The summed E-state index contributed by atoms with van der Waals surface area (Å²) >= 11 is 0. The van der Waals surface area contributed by atoms with Crippen molar-refractivity contribution in [2.24, 2.45) is 7.05 Å². The lowest BCUT2D eigenvalue weighted by atomic mass is 10.2. The summed E-state index contributed by atoms with van der Waals surface area (Å²) in [6.45, 7) is 3.84. The standard InChI is InChI=1S/C9H11N3O/c1-5-4-6(2)10-8-7(5)9(13)12(3)11-8/h4H,1-3H3,(H,10,11). The Kier molecular flexibility index (Phi) is 1.52. The molecule has 68 valence electrons. The van der Waals surface area contributed by atoms with Crippen molar-refractivity contribution in [3.05, 3.63) is 27.7 Å². The Morgan fingerprint density at radius 1 is 1.46 bits per heavy atom. The maximum atomic E-state index is 11.6. The van der Waals surface area contributed by atoms with Gasteiger partial charge in [-0.15, -0.1) is 0 Å². The van der Waals surface area contributed by atoms with E-state index in [0.717, 1.165) is 11.3 Å². The molecular weight excluding hydrogens is 166 g/mol. The molecule has 0 atom stereocenters. The van der Waals surface area contributed by atoms with Gasteiger partial charge in [-0.25, -0.2) is 4.98 Å². The number of nitrogens with one attached hydrogen (secondary N) is 1. The monoisotopic (exact) mass is 177 g/mol. The van der Waals surface area contributed by atoms with E-state index in [-0.39, 0.29) is 5.56 Å². The van der Waals surface area contributed by atoms with Crippen LogP contribution < -0.4 is 5.56 Å². The molecular formula is C9H11N3O. The van der Waals surface area contributed by atoms with Crippen molar-refractivity contribution in [2.45, 2.75) is 13.8 Å². The number of hydrogen-bond acceptors (Lipinski definition) is 2. The van der Waals surface area contributed by atoms with Crippen molar-refractivity contribution in [1.29, 1.82) is 0 Å². The zero-order chi connectivity index (χ0) is 9.59. The van der Waals surface area contributed by atoms with E-state index in [4.69, 9.17) is 0 Å². The van der Waals surface area contributed by atoms with Crippen LogP contribution >= 0.6 is 0 Å². The molecule has 1 N–H and O–H groups in total. The van der Waals surface area contributed by atoms with E-state index in [1.807, 2.05) is 19.9 Å². The first-order valence-corrected chi connectivity index (χ1v) is 4.12. The van der Waals surface area contributed by atoms with Crippen molar-refractivity contribution < 1.29 is 0 Å². The minimum atomic E-state index is -0.0139. The lowest BCUT2D eigenvalue weighted by Crippen LogP contribution is -2.11. The molecule has 2 aromatic rings. The van der Waals surface area contributed by atoms with Gasteiger partial charge in [0.1, 0.15) is 0 Å². The predicted molar refractivity (Wildman–Crippen MR) is 50.8 cm³/mol. The molecule has 0 unspecified atom stereocenters. The number of aromatic nitrogens is 3. The second-order valence-electron chi connectivity index (χ2n) is 3.28. The number of H-pyrrole nitrogens is 1. The molecule has 0 saturated heterocycles. The van der Waals surface area contributed by atoms with Gasteiger partial charge in [0, 0.05) is 12.7 Å². The Labute approximate surface area is 75.2 Å². The van der Waals surface area contributed by atoms with Crippen LogP contribution in [0.2, 0.25) is 0 Å². The Morgan fingerprint density at radius 3 is 2.85 bits per heavy atom. The highest BCUT2D eigenvalue weighted by Crippen LogP contribution is 2.11. The molecule has 0 saturated carbocycles. The van der Waals surface area contributed by atoms with E-state index in [1.54, 1.807) is 7.05 Å². The van der Waals surface area contributed by atoms with Gasteiger partial charge in [0.05, 0.1) is 5.39 Å². The second-order valence-corrected chi connectivity index (χ2v) is 3.28. The van der Waals surface area contributed by atoms with Crippen LogP contribution in [0.3, 0.4) is 0 Å². The van der Waals surface area contributed by atoms with Gasteiger partial charge in [-0.05, 0) is 25.5 Å². The molecule has 0 aliphatic carbocycles. The van der Waals surface area contributed by atoms with Crippen molar-refractivity contribution in [1.82, 2.24) is 14.8 Å². The number of nitrogens with zero attached hydrogens (tertiary/aromatic N) is 2. The van der Waals surface area contributed by atoms with Crippen LogP contribution in [0.1, 0.15) is 11.3 Å². The third kappa shape index (κ3) is 1.06. The maximum Gasteiger partial charge on any atom is 0.276 e. The first-order valence-electron chi connectivity index (χ1n) is 4.12. The highest BCUT2D eigenvalue weighted by molar-refractivity contribution is 5.77. The molecule has 4 heteroatoms. The van der Waals surface area contributed by atoms with E-state index in [9.17, 15) is 4.79 Å².